The lowest BCUT2D eigenvalue weighted by atomic mass is 10.00. The van der Waals surface area contributed by atoms with Crippen molar-refractivity contribution in [3.8, 4) is 5.75 Å². The van der Waals surface area contributed by atoms with Gasteiger partial charge in [0.15, 0.2) is 0 Å². The van der Waals surface area contributed by atoms with Gasteiger partial charge in [0, 0.05) is 18.8 Å². The number of benzene rings is 1. The normalized spacial score (nSPS) is 15.9. The molecule has 1 aliphatic heterocycles. The van der Waals surface area contributed by atoms with Gasteiger partial charge in [-0.3, -0.25) is 0 Å². The van der Waals surface area contributed by atoms with Crippen molar-refractivity contribution in [3.05, 3.63) is 46.2 Å². The van der Waals surface area contributed by atoms with Gasteiger partial charge in [-0.1, -0.05) is 25.0 Å². The van der Waals surface area contributed by atoms with Crippen LogP contribution in [0.25, 0.3) is 0 Å². The standard InChI is InChI=1S/C17H25N3O4/c1-19-12-10-15(14-8-7-9-16(23-2)17(14)19)18-11-5-3-4-6-13-24-20(21)22/h7-10,12,15,18H,3-6,11,13H2,1-2H3. The molecule has 132 valence electrons. The van der Waals surface area contributed by atoms with Gasteiger partial charge >= 0.3 is 0 Å². The van der Waals surface area contributed by atoms with Crippen LogP contribution in [0.3, 0.4) is 0 Å². The molecule has 1 heterocycles. The zero-order valence-electron chi connectivity index (χ0n) is 14.2. The topological polar surface area (TPSA) is 76.9 Å². The number of anilines is 1. The fraction of sp³-hybridized carbons (Fsp3) is 0.529. The van der Waals surface area contributed by atoms with Gasteiger partial charge in [-0.05, 0) is 31.5 Å². The second kappa shape index (κ2) is 9.12. The summed E-state index contributed by atoms with van der Waals surface area (Å²) in [6.07, 6.45) is 7.90. The lowest BCUT2D eigenvalue weighted by molar-refractivity contribution is -0.757. The van der Waals surface area contributed by atoms with E-state index < -0.39 is 5.09 Å². The zero-order chi connectivity index (χ0) is 17.4. The van der Waals surface area contributed by atoms with Crippen molar-refractivity contribution in [2.75, 3.05) is 32.2 Å². The molecule has 1 aromatic carbocycles. The van der Waals surface area contributed by atoms with Gasteiger partial charge in [-0.25, -0.2) is 0 Å². The molecule has 0 saturated heterocycles. The molecule has 0 aliphatic carbocycles. The molecule has 1 N–H and O–H groups in total. The largest absolute Gasteiger partial charge is 0.495 e. The number of fused-ring (bicyclic) bond motifs is 1. The zero-order valence-corrected chi connectivity index (χ0v) is 14.2. The maximum atomic E-state index is 10.0. The average molecular weight is 335 g/mol. The van der Waals surface area contributed by atoms with Crippen LogP contribution < -0.4 is 15.0 Å². The Morgan fingerprint density at radius 2 is 2.08 bits per heavy atom. The summed E-state index contributed by atoms with van der Waals surface area (Å²) in [5.74, 6) is 0.872. The Morgan fingerprint density at radius 3 is 2.83 bits per heavy atom. The predicted molar refractivity (Wildman–Crippen MR) is 92.7 cm³/mol. The van der Waals surface area contributed by atoms with Crippen molar-refractivity contribution in [2.45, 2.75) is 31.7 Å². The third kappa shape index (κ3) is 4.86. The summed E-state index contributed by atoms with van der Waals surface area (Å²) in [6.45, 7) is 1.08. The molecule has 1 unspecified atom stereocenters. The van der Waals surface area contributed by atoms with E-state index in [1.54, 1.807) is 7.11 Å². The van der Waals surface area contributed by atoms with Gasteiger partial charge in [0.25, 0.3) is 5.09 Å². The van der Waals surface area contributed by atoms with E-state index >= 15 is 0 Å². The lowest BCUT2D eigenvalue weighted by Crippen LogP contribution is -2.27. The Kier molecular flexibility index (Phi) is 6.87. The van der Waals surface area contributed by atoms with Gasteiger partial charge < -0.3 is 19.8 Å². The number of unbranched alkanes of at least 4 members (excludes halogenated alkanes) is 3. The Morgan fingerprint density at radius 1 is 1.29 bits per heavy atom. The van der Waals surface area contributed by atoms with Crippen molar-refractivity contribution in [1.82, 2.24) is 5.32 Å². The van der Waals surface area contributed by atoms with Crippen LogP contribution in [0.15, 0.2) is 30.5 Å². The minimum atomic E-state index is -0.736. The molecule has 0 aromatic heterocycles. The fourth-order valence-electron chi connectivity index (χ4n) is 2.88. The van der Waals surface area contributed by atoms with E-state index in [0.717, 1.165) is 43.7 Å². The molecule has 7 heteroatoms. The molecule has 2 rings (SSSR count). The van der Waals surface area contributed by atoms with Gasteiger partial charge in [0.05, 0.1) is 25.4 Å². The number of ether oxygens (including phenoxy) is 1. The molecule has 24 heavy (non-hydrogen) atoms. The second-order valence-corrected chi connectivity index (χ2v) is 5.75. The van der Waals surface area contributed by atoms with Crippen LogP contribution >= 0.6 is 0 Å². The molecular weight excluding hydrogens is 310 g/mol. The molecule has 0 saturated carbocycles. The van der Waals surface area contributed by atoms with Crippen molar-refractivity contribution in [2.24, 2.45) is 0 Å². The van der Waals surface area contributed by atoms with E-state index in [-0.39, 0.29) is 12.6 Å². The minimum absolute atomic E-state index is 0.170. The van der Waals surface area contributed by atoms with Crippen LogP contribution in [0.2, 0.25) is 0 Å². The molecule has 0 amide bonds. The first kappa shape index (κ1) is 18.1. The quantitative estimate of drug-likeness (QED) is 0.402. The van der Waals surface area contributed by atoms with Crippen LogP contribution in [0.4, 0.5) is 5.69 Å². The molecule has 7 nitrogen and oxygen atoms in total. The first-order chi connectivity index (χ1) is 11.6. The molecule has 1 atom stereocenters. The lowest BCUT2D eigenvalue weighted by Gasteiger charge is -2.30. The van der Waals surface area contributed by atoms with Gasteiger partial charge in [0.2, 0.25) is 0 Å². The Bertz CT molecular complexity index is 577. The van der Waals surface area contributed by atoms with E-state index in [2.05, 4.69) is 33.4 Å². The third-order valence-electron chi connectivity index (χ3n) is 4.07. The number of hydrogen-bond donors (Lipinski definition) is 1. The number of nitrogens with zero attached hydrogens (tertiary/aromatic N) is 2. The predicted octanol–water partition coefficient (Wildman–Crippen LogP) is 3.06. The van der Waals surface area contributed by atoms with Gasteiger partial charge in [-0.2, -0.15) is 0 Å². The summed E-state index contributed by atoms with van der Waals surface area (Å²) < 4.78 is 5.47. The SMILES string of the molecule is COc1cccc2c1N(C)C=CC2NCCCCCCO[N+](=O)[O-]. The highest BCUT2D eigenvalue weighted by atomic mass is 16.9. The maximum Gasteiger partial charge on any atom is 0.294 e. The summed E-state index contributed by atoms with van der Waals surface area (Å²) in [5, 5.41) is 12.8. The summed E-state index contributed by atoms with van der Waals surface area (Å²) in [5.41, 5.74) is 2.30. The van der Waals surface area contributed by atoms with Crippen LogP contribution in [-0.2, 0) is 4.84 Å². The van der Waals surface area contributed by atoms with Gasteiger partial charge in [0.1, 0.15) is 5.75 Å². The van der Waals surface area contributed by atoms with E-state index in [1.165, 1.54) is 5.56 Å². The number of nitrogens with one attached hydrogen (secondary N) is 1. The first-order valence-corrected chi connectivity index (χ1v) is 8.22. The average Bonchev–Trinajstić information content (AvgIpc) is 2.58. The van der Waals surface area contributed by atoms with Crippen molar-refractivity contribution in [3.63, 3.8) is 0 Å². The van der Waals surface area contributed by atoms with Crippen LogP contribution in [0.5, 0.6) is 5.75 Å². The number of hydrogen-bond acceptors (Lipinski definition) is 6. The van der Waals surface area contributed by atoms with Crippen LogP contribution in [0.1, 0.15) is 37.3 Å². The summed E-state index contributed by atoms with van der Waals surface area (Å²) in [7, 11) is 3.70. The highest BCUT2D eigenvalue weighted by Gasteiger charge is 2.21. The van der Waals surface area contributed by atoms with Crippen LogP contribution in [0, 0.1) is 10.1 Å². The second-order valence-electron chi connectivity index (χ2n) is 5.75. The smallest absolute Gasteiger partial charge is 0.294 e. The molecular formula is C17H25N3O4. The van der Waals surface area contributed by atoms with E-state index in [9.17, 15) is 10.1 Å². The van der Waals surface area contributed by atoms with Crippen molar-refractivity contribution in [1.29, 1.82) is 0 Å². The summed E-state index contributed by atoms with van der Waals surface area (Å²) in [4.78, 5) is 16.4. The fourth-order valence-corrected chi connectivity index (χ4v) is 2.88. The summed E-state index contributed by atoms with van der Waals surface area (Å²) >= 11 is 0. The number of rotatable bonds is 10. The van der Waals surface area contributed by atoms with E-state index in [0.29, 0.717) is 0 Å². The summed E-state index contributed by atoms with van der Waals surface area (Å²) in [6, 6.07) is 6.27. The highest BCUT2D eigenvalue weighted by Crippen LogP contribution is 2.38. The Labute approximate surface area is 142 Å². The minimum Gasteiger partial charge on any atom is -0.495 e. The van der Waals surface area contributed by atoms with E-state index in [1.807, 2.05) is 19.2 Å². The molecule has 0 radical (unpaired) electrons. The van der Waals surface area contributed by atoms with E-state index in [4.69, 9.17) is 4.74 Å². The first-order valence-electron chi connectivity index (χ1n) is 8.22. The maximum absolute atomic E-state index is 10.0. The Hall–Kier alpha value is -2.28. The molecule has 0 spiro atoms. The van der Waals surface area contributed by atoms with Gasteiger partial charge in [-0.15, -0.1) is 10.1 Å². The molecule has 0 bridgehead atoms. The van der Waals surface area contributed by atoms with Crippen molar-refractivity contribution >= 4 is 5.69 Å². The van der Waals surface area contributed by atoms with Crippen LogP contribution in [-0.4, -0.2) is 32.4 Å². The Balaban J connectivity index is 1.76. The van der Waals surface area contributed by atoms with Crippen molar-refractivity contribution < 1.29 is 14.7 Å². The molecule has 1 aromatic rings. The third-order valence-corrected chi connectivity index (χ3v) is 4.07. The number of methoxy groups -OCH3 is 1. The highest BCUT2D eigenvalue weighted by molar-refractivity contribution is 5.68. The molecule has 1 aliphatic rings. The molecule has 0 fully saturated rings. The number of para-hydroxylation sites is 1. The monoisotopic (exact) mass is 335 g/mol.